The minimum Gasteiger partial charge on any atom is -0.455 e. The summed E-state index contributed by atoms with van der Waals surface area (Å²) in [6, 6.07) is 2.79. The van der Waals surface area contributed by atoms with Crippen molar-refractivity contribution in [2.75, 3.05) is 13.1 Å². The zero-order valence-electron chi connectivity index (χ0n) is 18.4. The van der Waals surface area contributed by atoms with Gasteiger partial charge in [0.25, 0.3) is 0 Å². The van der Waals surface area contributed by atoms with E-state index in [4.69, 9.17) is 15.2 Å². The van der Waals surface area contributed by atoms with Gasteiger partial charge in [-0.3, -0.25) is 0 Å². The SMILES string of the molecule is Cc1cc(C(N)C2CN(C(=O)OC(C)(C)C)CC2O)cc(C(=O)OC(C)(C)C)n1. The number of aryl methyl sites for hydroxylation is 1. The number of esters is 1. The molecule has 8 nitrogen and oxygen atoms in total. The Labute approximate surface area is 172 Å². The van der Waals surface area contributed by atoms with Gasteiger partial charge in [-0.2, -0.15) is 0 Å². The molecule has 2 rings (SSSR count). The lowest BCUT2D eigenvalue weighted by Crippen LogP contribution is -2.36. The predicted molar refractivity (Wildman–Crippen MR) is 108 cm³/mol. The van der Waals surface area contributed by atoms with Gasteiger partial charge in [0.2, 0.25) is 0 Å². The fourth-order valence-electron chi connectivity index (χ4n) is 3.21. The lowest BCUT2D eigenvalue weighted by Gasteiger charge is -2.25. The molecule has 0 radical (unpaired) electrons. The van der Waals surface area contributed by atoms with Crippen molar-refractivity contribution in [2.45, 2.75) is 71.8 Å². The van der Waals surface area contributed by atoms with E-state index in [1.165, 1.54) is 4.90 Å². The molecule has 1 aliphatic rings. The van der Waals surface area contributed by atoms with Crippen molar-refractivity contribution < 1.29 is 24.2 Å². The predicted octanol–water partition coefficient (Wildman–Crippen LogP) is 2.57. The molecule has 162 valence electrons. The first-order valence-electron chi connectivity index (χ1n) is 9.80. The first kappa shape index (κ1) is 23.1. The maximum Gasteiger partial charge on any atom is 0.410 e. The zero-order chi connectivity index (χ0) is 22.1. The number of carbonyl (C=O) groups excluding carboxylic acids is 2. The van der Waals surface area contributed by atoms with Gasteiger partial charge < -0.3 is 25.2 Å². The van der Waals surface area contributed by atoms with Crippen LogP contribution in [-0.4, -0.2) is 57.4 Å². The highest BCUT2D eigenvalue weighted by molar-refractivity contribution is 5.87. The zero-order valence-corrected chi connectivity index (χ0v) is 18.4. The molecule has 1 aromatic heterocycles. The quantitative estimate of drug-likeness (QED) is 0.740. The van der Waals surface area contributed by atoms with E-state index < -0.39 is 41.3 Å². The standard InChI is InChI=1S/C21H33N3O5/c1-12-8-13(9-15(23-12)18(26)28-20(2,3)4)17(22)14-10-24(11-16(14)25)19(27)29-21(5,6)7/h8-9,14,16-17,25H,10-11,22H2,1-7H3. The summed E-state index contributed by atoms with van der Waals surface area (Å²) in [5.41, 5.74) is 6.62. The molecule has 8 heteroatoms. The van der Waals surface area contributed by atoms with Crippen molar-refractivity contribution in [3.63, 3.8) is 0 Å². The number of rotatable bonds is 3. The van der Waals surface area contributed by atoms with E-state index in [1.54, 1.807) is 60.6 Å². The number of β-amino-alcohol motifs (C(OH)–C–C–N with tert-alkyl or cyclic N) is 1. The molecule has 1 aromatic rings. The van der Waals surface area contributed by atoms with Crippen LogP contribution in [0.15, 0.2) is 12.1 Å². The third-order valence-electron chi connectivity index (χ3n) is 4.41. The van der Waals surface area contributed by atoms with Gasteiger partial charge in [-0.05, 0) is 66.2 Å². The second kappa shape index (κ2) is 8.28. The number of hydrogen-bond donors (Lipinski definition) is 2. The van der Waals surface area contributed by atoms with Crippen LogP contribution in [0.2, 0.25) is 0 Å². The summed E-state index contributed by atoms with van der Waals surface area (Å²) >= 11 is 0. The average Bonchev–Trinajstić information content (AvgIpc) is 2.92. The molecule has 1 fully saturated rings. The van der Waals surface area contributed by atoms with Crippen LogP contribution in [0, 0.1) is 12.8 Å². The van der Waals surface area contributed by atoms with Crippen molar-refractivity contribution in [1.82, 2.24) is 9.88 Å². The number of nitrogens with zero attached hydrogens (tertiary/aromatic N) is 2. The van der Waals surface area contributed by atoms with Crippen molar-refractivity contribution in [2.24, 2.45) is 11.7 Å². The number of aromatic nitrogens is 1. The number of pyridine rings is 1. The number of carbonyl (C=O) groups is 2. The molecular formula is C21H33N3O5. The molecule has 3 atom stereocenters. The van der Waals surface area contributed by atoms with E-state index in [9.17, 15) is 14.7 Å². The number of amides is 1. The number of likely N-dealkylation sites (tertiary alicyclic amines) is 1. The topological polar surface area (TPSA) is 115 Å². The van der Waals surface area contributed by atoms with Gasteiger partial charge in [0.1, 0.15) is 16.9 Å². The Balaban J connectivity index is 2.18. The molecule has 2 heterocycles. The fraction of sp³-hybridized carbons (Fsp3) is 0.667. The summed E-state index contributed by atoms with van der Waals surface area (Å²) < 4.78 is 10.8. The van der Waals surface area contributed by atoms with Gasteiger partial charge in [0.15, 0.2) is 0 Å². The Kier molecular flexibility index (Phi) is 6.59. The van der Waals surface area contributed by atoms with Crippen LogP contribution in [0.5, 0.6) is 0 Å². The number of aliphatic hydroxyl groups excluding tert-OH is 1. The van der Waals surface area contributed by atoms with Crippen LogP contribution in [0.4, 0.5) is 4.79 Å². The Morgan fingerprint density at radius 1 is 1.14 bits per heavy atom. The Hall–Kier alpha value is -2.19. The summed E-state index contributed by atoms with van der Waals surface area (Å²) in [5, 5.41) is 10.5. The van der Waals surface area contributed by atoms with Crippen molar-refractivity contribution in [3.05, 3.63) is 29.1 Å². The average molecular weight is 408 g/mol. The molecule has 3 N–H and O–H groups in total. The van der Waals surface area contributed by atoms with Gasteiger partial charge in [0, 0.05) is 24.2 Å². The monoisotopic (exact) mass is 407 g/mol. The van der Waals surface area contributed by atoms with E-state index in [0.717, 1.165) is 0 Å². The van der Waals surface area contributed by atoms with Gasteiger partial charge in [0.05, 0.1) is 12.6 Å². The molecule has 0 aromatic carbocycles. The van der Waals surface area contributed by atoms with Gasteiger partial charge >= 0.3 is 12.1 Å². The van der Waals surface area contributed by atoms with Crippen molar-refractivity contribution >= 4 is 12.1 Å². The van der Waals surface area contributed by atoms with E-state index in [0.29, 0.717) is 11.3 Å². The number of nitrogens with two attached hydrogens (primary N) is 1. The van der Waals surface area contributed by atoms with E-state index >= 15 is 0 Å². The highest BCUT2D eigenvalue weighted by atomic mass is 16.6. The first-order valence-corrected chi connectivity index (χ1v) is 9.80. The molecule has 1 amide bonds. The van der Waals surface area contributed by atoms with Crippen LogP contribution >= 0.6 is 0 Å². The number of ether oxygens (including phenoxy) is 2. The van der Waals surface area contributed by atoms with Crippen LogP contribution < -0.4 is 5.73 Å². The first-order chi connectivity index (χ1) is 13.2. The second-order valence-electron chi connectivity index (χ2n) is 9.57. The minimum absolute atomic E-state index is 0.149. The molecular weight excluding hydrogens is 374 g/mol. The molecule has 0 bridgehead atoms. The minimum atomic E-state index is -0.795. The van der Waals surface area contributed by atoms with Crippen molar-refractivity contribution in [1.29, 1.82) is 0 Å². The largest absolute Gasteiger partial charge is 0.455 e. The summed E-state index contributed by atoms with van der Waals surface area (Å²) in [6.07, 6.45) is -1.28. The maximum atomic E-state index is 12.4. The van der Waals surface area contributed by atoms with Crippen LogP contribution in [0.3, 0.4) is 0 Å². The third kappa shape index (κ3) is 6.40. The molecule has 1 aliphatic heterocycles. The van der Waals surface area contributed by atoms with Crippen LogP contribution in [-0.2, 0) is 9.47 Å². The highest BCUT2D eigenvalue weighted by Crippen LogP contribution is 2.30. The van der Waals surface area contributed by atoms with E-state index in [2.05, 4.69) is 4.98 Å². The smallest absolute Gasteiger partial charge is 0.410 e. The highest BCUT2D eigenvalue weighted by Gasteiger charge is 2.40. The lowest BCUT2D eigenvalue weighted by molar-refractivity contribution is 0.00619. The molecule has 29 heavy (non-hydrogen) atoms. The van der Waals surface area contributed by atoms with Crippen LogP contribution in [0.1, 0.15) is 69.3 Å². The lowest BCUT2D eigenvalue weighted by atomic mass is 9.91. The Morgan fingerprint density at radius 2 is 1.72 bits per heavy atom. The second-order valence-corrected chi connectivity index (χ2v) is 9.57. The van der Waals surface area contributed by atoms with Crippen molar-refractivity contribution in [3.8, 4) is 0 Å². The normalized spacial score (nSPS) is 21.1. The third-order valence-corrected chi connectivity index (χ3v) is 4.41. The van der Waals surface area contributed by atoms with Crippen LogP contribution in [0.25, 0.3) is 0 Å². The van der Waals surface area contributed by atoms with Gasteiger partial charge in [-0.15, -0.1) is 0 Å². The summed E-state index contributed by atoms with van der Waals surface area (Å²) in [5.74, 6) is -0.923. The summed E-state index contributed by atoms with van der Waals surface area (Å²) in [4.78, 5) is 30.4. The Morgan fingerprint density at radius 3 is 2.28 bits per heavy atom. The molecule has 0 spiro atoms. The molecule has 1 saturated heterocycles. The summed E-state index contributed by atoms with van der Waals surface area (Å²) in [7, 11) is 0. The molecule has 0 saturated carbocycles. The molecule has 0 aliphatic carbocycles. The molecule has 3 unspecified atom stereocenters. The maximum absolute atomic E-state index is 12.4. The summed E-state index contributed by atoms with van der Waals surface area (Å²) in [6.45, 7) is 12.9. The van der Waals surface area contributed by atoms with E-state index in [-0.39, 0.29) is 18.8 Å². The number of hydrogen-bond acceptors (Lipinski definition) is 7. The van der Waals surface area contributed by atoms with Gasteiger partial charge in [-0.25, -0.2) is 14.6 Å². The fourth-order valence-corrected chi connectivity index (χ4v) is 3.21. The van der Waals surface area contributed by atoms with E-state index in [1.807, 2.05) is 0 Å². The number of aliphatic hydroxyl groups is 1. The van der Waals surface area contributed by atoms with Gasteiger partial charge in [-0.1, -0.05) is 0 Å². The Bertz CT molecular complexity index is 767.